The van der Waals surface area contributed by atoms with Gasteiger partial charge in [0, 0.05) is 0 Å². The molecule has 37 heavy (non-hydrogen) atoms. The van der Waals surface area contributed by atoms with E-state index in [4.69, 9.17) is 9.47 Å². The van der Waals surface area contributed by atoms with Crippen LogP contribution in [-0.2, 0) is 23.9 Å². The van der Waals surface area contributed by atoms with Gasteiger partial charge in [-0.1, -0.05) is 105 Å². The van der Waals surface area contributed by atoms with Crippen molar-refractivity contribution in [1.29, 1.82) is 0 Å². The first-order chi connectivity index (χ1) is 17.7. The third-order valence-corrected chi connectivity index (χ3v) is 7.65. The molecule has 6 nitrogen and oxygen atoms in total. The minimum Gasteiger partial charge on any atom is -0.481 e. The van der Waals surface area contributed by atoms with Gasteiger partial charge in [0.25, 0.3) is 0 Å². The van der Waals surface area contributed by atoms with Crippen molar-refractivity contribution in [3.8, 4) is 0 Å². The Morgan fingerprint density at radius 3 is 1.46 bits per heavy atom. The van der Waals surface area contributed by atoms with Crippen LogP contribution < -0.4 is 0 Å². The fraction of sp³-hybridized carbons (Fsp3) is 0.903. The molecule has 0 aliphatic heterocycles. The second kappa shape index (κ2) is 20.4. The molecule has 0 spiro atoms. The third-order valence-electron chi connectivity index (χ3n) is 7.65. The first-order valence-electron chi connectivity index (χ1n) is 15.3. The topological polar surface area (TPSA) is 89.9 Å². The number of hydrogen-bond donors (Lipinski definition) is 1. The number of unbranched alkanes of at least 4 members (excludes halogenated alkanes) is 10. The highest BCUT2D eigenvalue weighted by Gasteiger charge is 2.43. The Kier molecular flexibility index (Phi) is 18.4. The lowest BCUT2D eigenvalue weighted by atomic mass is 9.74. The predicted molar refractivity (Wildman–Crippen MR) is 148 cm³/mol. The van der Waals surface area contributed by atoms with E-state index in [1.165, 1.54) is 51.4 Å². The summed E-state index contributed by atoms with van der Waals surface area (Å²) in [6.45, 7) is 9.71. The van der Waals surface area contributed by atoms with Gasteiger partial charge in [0.05, 0.1) is 31.0 Å². The van der Waals surface area contributed by atoms with Gasteiger partial charge in [-0.05, 0) is 43.9 Å². The van der Waals surface area contributed by atoms with Crippen LogP contribution in [-0.4, -0.2) is 36.2 Å². The monoisotopic (exact) mass is 524 g/mol. The minimum atomic E-state index is -0.907. The van der Waals surface area contributed by atoms with Gasteiger partial charge >= 0.3 is 17.9 Å². The standard InChI is InChI=1S/C31H56O6/c1-24(2)17-13-9-5-7-11-15-21-36-30(34)27-20-19-26(29(32)33)23-28(27)31(35)37-22-16-12-8-6-10-14-18-25(3)4/h24-28H,5-23H2,1-4H3,(H,32,33). The highest BCUT2D eigenvalue weighted by atomic mass is 16.5. The van der Waals surface area contributed by atoms with Crippen LogP contribution in [0.25, 0.3) is 0 Å². The SMILES string of the molecule is CC(C)CCCCCCCCOC(=O)C1CCC(C(=O)O)CC1C(=O)OCCCCCCCCC(C)C. The van der Waals surface area contributed by atoms with Gasteiger partial charge in [0.15, 0.2) is 0 Å². The highest BCUT2D eigenvalue weighted by Crippen LogP contribution is 2.36. The largest absolute Gasteiger partial charge is 0.481 e. The van der Waals surface area contributed by atoms with Gasteiger partial charge in [-0.2, -0.15) is 0 Å². The van der Waals surface area contributed by atoms with E-state index < -0.39 is 29.7 Å². The molecule has 0 aromatic carbocycles. The Balaban J connectivity index is 2.33. The zero-order valence-electron chi connectivity index (χ0n) is 24.3. The molecule has 3 unspecified atom stereocenters. The van der Waals surface area contributed by atoms with Gasteiger partial charge < -0.3 is 14.6 Å². The number of hydrogen-bond acceptors (Lipinski definition) is 5. The van der Waals surface area contributed by atoms with Gasteiger partial charge in [-0.25, -0.2) is 0 Å². The van der Waals surface area contributed by atoms with Crippen LogP contribution in [0.4, 0.5) is 0 Å². The lowest BCUT2D eigenvalue weighted by molar-refractivity contribution is -0.166. The summed E-state index contributed by atoms with van der Waals surface area (Å²) in [6, 6.07) is 0. The number of carboxylic acids is 1. The molecule has 1 saturated carbocycles. The van der Waals surface area contributed by atoms with Crippen LogP contribution in [0.5, 0.6) is 0 Å². The lowest BCUT2D eigenvalue weighted by Crippen LogP contribution is -2.39. The molecule has 0 saturated heterocycles. The van der Waals surface area contributed by atoms with Crippen LogP contribution in [0.1, 0.15) is 137 Å². The first kappa shape index (κ1) is 33.4. The molecule has 1 N–H and O–H groups in total. The molecule has 0 aromatic heterocycles. The van der Waals surface area contributed by atoms with Crippen molar-refractivity contribution >= 4 is 17.9 Å². The highest BCUT2D eigenvalue weighted by molar-refractivity contribution is 5.83. The van der Waals surface area contributed by atoms with Crippen molar-refractivity contribution in [2.75, 3.05) is 13.2 Å². The predicted octanol–water partition coefficient (Wildman–Crippen LogP) is 7.96. The quantitative estimate of drug-likeness (QED) is 0.121. The van der Waals surface area contributed by atoms with E-state index >= 15 is 0 Å². The van der Waals surface area contributed by atoms with Crippen molar-refractivity contribution in [3.63, 3.8) is 0 Å². The summed E-state index contributed by atoms with van der Waals surface area (Å²) in [5, 5.41) is 9.46. The zero-order valence-corrected chi connectivity index (χ0v) is 24.3. The van der Waals surface area contributed by atoms with Crippen molar-refractivity contribution < 1.29 is 29.0 Å². The van der Waals surface area contributed by atoms with E-state index in [1.807, 2.05) is 0 Å². The maximum absolute atomic E-state index is 12.8. The van der Waals surface area contributed by atoms with Gasteiger partial charge in [-0.3, -0.25) is 14.4 Å². The number of esters is 2. The maximum Gasteiger partial charge on any atom is 0.309 e. The van der Waals surface area contributed by atoms with Crippen LogP contribution in [0.2, 0.25) is 0 Å². The van der Waals surface area contributed by atoms with Gasteiger partial charge in [-0.15, -0.1) is 0 Å². The summed E-state index contributed by atoms with van der Waals surface area (Å²) in [7, 11) is 0. The summed E-state index contributed by atoms with van der Waals surface area (Å²) >= 11 is 0. The normalized spacial score (nSPS) is 19.8. The smallest absolute Gasteiger partial charge is 0.309 e. The third kappa shape index (κ3) is 16.1. The molecule has 216 valence electrons. The molecule has 3 atom stereocenters. The molecule has 1 rings (SSSR count). The lowest BCUT2D eigenvalue weighted by Gasteiger charge is -2.31. The van der Waals surface area contributed by atoms with Crippen LogP contribution >= 0.6 is 0 Å². The molecule has 6 heteroatoms. The molecule has 1 fully saturated rings. The molecule has 1 aliphatic rings. The molecule has 0 amide bonds. The second-order valence-electron chi connectivity index (χ2n) is 12.0. The Labute approximate surface area is 226 Å². The molecule has 0 bridgehead atoms. The second-order valence-corrected chi connectivity index (χ2v) is 12.0. The number of rotatable bonds is 21. The fourth-order valence-electron chi connectivity index (χ4n) is 5.22. The zero-order chi connectivity index (χ0) is 27.5. The minimum absolute atomic E-state index is 0.153. The van der Waals surface area contributed by atoms with Crippen LogP contribution in [0, 0.1) is 29.6 Å². The van der Waals surface area contributed by atoms with Crippen LogP contribution in [0.15, 0.2) is 0 Å². The number of carboxylic acid groups (broad SMARTS) is 1. The number of ether oxygens (including phenoxy) is 2. The molecular weight excluding hydrogens is 468 g/mol. The van der Waals surface area contributed by atoms with Gasteiger partial charge in [0.2, 0.25) is 0 Å². The fourth-order valence-corrected chi connectivity index (χ4v) is 5.22. The van der Waals surface area contributed by atoms with E-state index in [0.717, 1.165) is 50.4 Å². The molecule has 0 heterocycles. The number of carbonyl (C=O) groups is 3. The molecular formula is C31H56O6. The summed E-state index contributed by atoms with van der Waals surface area (Å²) in [6.07, 6.45) is 16.9. The summed E-state index contributed by atoms with van der Waals surface area (Å²) < 4.78 is 11.0. The Morgan fingerprint density at radius 2 is 1.03 bits per heavy atom. The van der Waals surface area contributed by atoms with E-state index in [-0.39, 0.29) is 12.4 Å². The summed E-state index contributed by atoms with van der Waals surface area (Å²) in [5.74, 6) is -2.12. The summed E-state index contributed by atoms with van der Waals surface area (Å²) in [4.78, 5) is 37.2. The van der Waals surface area contributed by atoms with Crippen molar-refractivity contribution in [2.24, 2.45) is 29.6 Å². The average molecular weight is 525 g/mol. The van der Waals surface area contributed by atoms with Crippen LogP contribution in [0.3, 0.4) is 0 Å². The van der Waals surface area contributed by atoms with Crippen molar-refractivity contribution in [1.82, 2.24) is 0 Å². The maximum atomic E-state index is 12.8. The molecule has 0 radical (unpaired) electrons. The first-order valence-corrected chi connectivity index (χ1v) is 15.3. The summed E-state index contributed by atoms with van der Waals surface area (Å²) in [5.41, 5.74) is 0. The number of aliphatic carboxylic acids is 1. The van der Waals surface area contributed by atoms with E-state index in [2.05, 4.69) is 27.7 Å². The molecule has 1 aliphatic carbocycles. The van der Waals surface area contributed by atoms with Crippen molar-refractivity contribution in [2.45, 2.75) is 137 Å². The Hall–Kier alpha value is -1.59. The van der Waals surface area contributed by atoms with Crippen molar-refractivity contribution in [3.05, 3.63) is 0 Å². The molecule has 0 aromatic rings. The van der Waals surface area contributed by atoms with E-state index in [1.54, 1.807) is 0 Å². The number of carbonyl (C=O) groups excluding carboxylic acids is 2. The van der Waals surface area contributed by atoms with Gasteiger partial charge in [0.1, 0.15) is 0 Å². The Morgan fingerprint density at radius 1 is 0.622 bits per heavy atom. The van der Waals surface area contributed by atoms with E-state index in [9.17, 15) is 19.5 Å². The van der Waals surface area contributed by atoms with E-state index in [0.29, 0.717) is 26.1 Å². The Bertz CT molecular complexity index is 629. The average Bonchev–Trinajstić information content (AvgIpc) is 2.85.